The number of amides is 1. The first-order chi connectivity index (χ1) is 9.63. The van der Waals surface area contributed by atoms with Gasteiger partial charge in [0.05, 0.1) is 6.54 Å². The summed E-state index contributed by atoms with van der Waals surface area (Å²) in [5, 5.41) is 11.8. The zero-order valence-electron chi connectivity index (χ0n) is 12.8. The minimum atomic E-state index is 0.0713. The largest absolute Gasteiger partial charge is 0.409 e. The van der Waals surface area contributed by atoms with Gasteiger partial charge in [0.15, 0.2) is 5.84 Å². The van der Waals surface area contributed by atoms with Crippen molar-refractivity contribution in [3.05, 3.63) is 0 Å². The molecule has 0 aliphatic heterocycles. The normalized spacial score (nSPS) is 18.2. The summed E-state index contributed by atoms with van der Waals surface area (Å²) < 4.78 is 0. The molecule has 0 spiro atoms. The molecule has 1 unspecified atom stereocenters. The van der Waals surface area contributed by atoms with Crippen LogP contribution in [0.5, 0.6) is 0 Å². The number of hydrogen-bond acceptors (Lipinski definition) is 3. The molecule has 1 aliphatic rings. The molecular weight excluding hydrogens is 254 g/mol. The summed E-state index contributed by atoms with van der Waals surface area (Å²) in [6.07, 6.45) is 8.37. The monoisotopic (exact) mass is 283 g/mol. The number of carbonyl (C=O) groups excluding carboxylic acids is 1. The molecular formula is C15H29N3O2. The van der Waals surface area contributed by atoms with Crippen LogP contribution in [0.15, 0.2) is 5.16 Å². The third-order valence-electron chi connectivity index (χ3n) is 4.26. The Balaban J connectivity index is 2.75. The maximum absolute atomic E-state index is 12.8. The van der Waals surface area contributed by atoms with Crippen molar-refractivity contribution in [1.29, 1.82) is 0 Å². The lowest BCUT2D eigenvalue weighted by Gasteiger charge is -2.31. The molecule has 0 aromatic carbocycles. The number of amidine groups is 1. The van der Waals surface area contributed by atoms with Crippen LogP contribution in [0.25, 0.3) is 0 Å². The van der Waals surface area contributed by atoms with E-state index < -0.39 is 0 Å². The lowest BCUT2D eigenvalue weighted by atomic mass is 9.96. The van der Waals surface area contributed by atoms with Gasteiger partial charge in [0.25, 0.3) is 0 Å². The van der Waals surface area contributed by atoms with E-state index in [4.69, 9.17) is 10.9 Å². The molecule has 5 heteroatoms. The second-order valence-corrected chi connectivity index (χ2v) is 5.74. The van der Waals surface area contributed by atoms with Gasteiger partial charge >= 0.3 is 0 Å². The van der Waals surface area contributed by atoms with Crippen molar-refractivity contribution in [3.8, 4) is 0 Å². The van der Waals surface area contributed by atoms with Crippen LogP contribution in [0, 0.1) is 5.92 Å². The van der Waals surface area contributed by atoms with Gasteiger partial charge in [-0.3, -0.25) is 4.79 Å². The third-order valence-corrected chi connectivity index (χ3v) is 4.26. The van der Waals surface area contributed by atoms with Crippen molar-refractivity contribution in [2.75, 3.05) is 6.54 Å². The van der Waals surface area contributed by atoms with E-state index in [1.807, 2.05) is 4.90 Å². The van der Waals surface area contributed by atoms with Crippen molar-refractivity contribution in [2.45, 2.75) is 71.3 Å². The average Bonchev–Trinajstić information content (AvgIpc) is 2.98. The zero-order valence-corrected chi connectivity index (χ0v) is 12.8. The number of unbranched alkanes of at least 4 members (excludes halogenated alkanes) is 1. The van der Waals surface area contributed by atoms with Crippen LogP contribution in [0.3, 0.4) is 0 Å². The molecule has 0 radical (unpaired) electrons. The maximum Gasteiger partial charge on any atom is 0.226 e. The van der Waals surface area contributed by atoms with Crippen LogP contribution in [-0.2, 0) is 4.79 Å². The van der Waals surface area contributed by atoms with Gasteiger partial charge in [-0.05, 0) is 25.7 Å². The summed E-state index contributed by atoms with van der Waals surface area (Å²) in [4.78, 5) is 14.6. The van der Waals surface area contributed by atoms with Crippen LogP contribution >= 0.6 is 0 Å². The highest BCUT2D eigenvalue weighted by atomic mass is 16.4. The van der Waals surface area contributed by atoms with E-state index in [9.17, 15) is 4.79 Å². The first-order valence-corrected chi connectivity index (χ1v) is 7.90. The molecule has 1 aliphatic carbocycles. The minimum Gasteiger partial charge on any atom is -0.409 e. The number of oxime groups is 1. The van der Waals surface area contributed by atoms with Gasteiger partial charge in [-0.15, -0.1) is 0 Å². The van der Waals surface area contributed by atoms with E-state index in [0.717, 1.165) is 51.4 Å². The molecule has 1 amide bonds. The molecule has 1 atom stereocenters. The van der Waals surface area contributed by atoms with E-state index in [2.05, 4.69) is 19.0 Å². The van der Waals surface area contributed by atoms with E-state index in [1.54, 1.807) is 0 Å². The molecule has 1 rings (SSSR count). The zero-order chi connectivity index (χ0) is 15.0. The van der Waals surface area contributed by atoms with E-state index in [0.29, 0.717) is 0 Å². The summed E-state index contributed by atoms with van der Waals surface area (Å²) in [5.74, 6) is 0.372. The Morgan fingerprint density at radius 1 is 1.40 bits per heavy atom. The van der Waals surface area contributed by atoms with Crippen molar-refractivity contribution >= 4 is 11.7 Å². The fourth-order valence-electron chi connectivity index (χ4n) is 3.00. The van der Waals surface area contributed by atoms with Crippen molar-refractivity contribution in [3.63, 3.8) is 0 Å². The molecule has 0 aromatic heterocycles. The molecule has 5 nitrogen and oxygen atoms in total. The molecule has 3 N–H and O–H groups in total. The fourth-order valence-corrected chi connectivity index (χ4v) is 3.00. The second-order valence-electron chi connectivity index (χ2n) is 5.74. The van der Waals surface area contributed by atoms with E-state index >= 15 is 0 Å². The van der Waals surface area contributed by atoms with Gasteiger partial charge in [0.2, 0.25) is 5.91 Å². The van der Waals surface area contributed by atoms with Gasteiger partial charge in [-0.25, -0.2) is 0 Å². The highest BCUT2D eigenvalue weighted by Gasteiger charge is 2.30. The van der Waals surface area contributed by atoms with Crippen molar-refractivity contribution < 1.29 is 10.0 Å². The van der Waals surface area contributed by atoms with Crippen molar-refractivity contribution in [1.82, 2.24) is 4.90 Å². The van der Waals surface area contributed by atoms with E-state index in [1.165, 1.54) is 0 Å². The van der Waals surface area contributed by atoms with Crippen LogP contribution in [-0.4, -0.2) is 34.4 Å². The van der Waals surface area contributed by atoms with Gasteiger partial charge in [-0.2, -0.15) is 0 Å². The SMILES string of the molecule is CCCCC(CC)C(=O)N(CC(N)=NO)C1CCCC1. The van der Waals surface area contributed by atoms with Crippen LogP contribution in [0.2, 0.25) is 0 Å². The Hall–Kier alpha value is -1.26. The predicted molar refractivity (Wildman–Crippen MR) is 80.7 cm³/mol. The highest BCUT2D eigenvalue weighted by molar-refractivity contribution is 5.88. The Kier molecular flexibility index (Phi) is 7.41. The molecule has 1 fully saturated rings. The smallest absolute Gasteiger partial charge is 0.226 e. The summed E-state index contributed by atoms with van der Waals surface area (Å²) in [6.45, 7) is 4.46. The molecule has 0 saturated heterocycles. The quantitative estimate of drug-likeness (QED) is 0.311. The Morgan fingerprint density at radius 3 is 2.55 bits per heavy atom. The number of hydrogen-bond donors (Lipinski definition) is 2. The minimum absolute atomic E-state index is 0.0713. The summed E-state index contributed by atoms with van der Waals surface area (Å²) >= 11 is 0. The molecule has 116 valence electrons. The number of rotatable bonds is 8. The number of nitrogens with two attached hydrogens (primary N) is 1. The van der Waals surface area contributed by atoms with Crippen LogP contribution < -0.4 is 5.73 Å². The summed E-state index contributed by atoms with van der Waals surface area (Å²) in [6, 6.07) is 0.262. The number of nitrogens with zero attached hydrogens (tertiary/aromatic N) is 2. The van der Waals surface area contributed by atoms with Gasteiger partial charge in [0, 0.05) is 12.0 Å². The van der Waals surface area contributed by atoms with E-state index in [-0.39, 0.29) is 30.2 Å². The standard InChI is InChI=1S/C15H29N3O2/c1-3-5-8-12(4-2)15(19)18(11-14(16)17-20)13-9-6-7-10-13/h12-13,20H,3-11H2,1-2H3,(H2,16,17). The topological polar surface area (TPSA) is 78.9 Å². The van der Waals surface area contributed by atoms with Gasteiger partial charge < -0.3 is 15.8 Å². The molecule has 1 saturated carbocycles. The van der Waals surface area contributed by atoms with Crippen LogP contribution in [0.4, 0.5) is 0 Å². The first kappa shape index (κ1) is 16.8. The van der Waals surface area contributed by atoms with Gasteiger partial charge in [0.1, 0.15) is 0 Å². The van der Waals surface area contributed by atoms with Crippen molar-refractivity contribution in [2.24, 2.45) is 16.8 Å². The highest BCUT2D eigenvalue weighted by Crippen LogP contribution is 2.26. The Bertz CT molecular complexity index is 325. The van der Waals surface area contributed by atoms with Gasteiger partial charge in [-0.1, -0.05) is 44.7 Å². The Morgan fingerprint density at radius 2 is 2.05 bits per heavy atom. The number of carbonyl (C=O) groups is 1. The molecule has 0 aromatic rings. The Labute approximate surface area is 122 Å². The average molecular weight is 283 g/mol. The lowest BCUT2D eigenvalue weighted by Crippen LogP contribution is -2.46. The molecule has 20 heavy (non-hydrogen) atoms. The summed E-state index contributed by atoms with van der Waals surface area (Å²) in [5.41, 5.74) is 5.63. The second kappa shape index (κ2) is 8.82. The van der Waals surface area contributed by atoms with Crippen LogP contribution in [0.1, 0.15) is 65.2 Å². The fraction of sp³-hybridized carbons (Fsp3) is 0.867. The summed E-state index contributed by atoms with van der Waals surface area (Å²) in [7, 11) is 0. The molecule has 0 heterocycles. The first-order valence-electron chi connectivity index (χ1n) is 7.90. The predicted octanol–water partition coefficient (Wildman–Crippen LogP) is 2.72. The lowest BCUT2D eigenvalue weighted by molar-refractivity contribution is -0.137. The molecule has 0 bridgehead atoms. The maximum atomic E-state index is 12.8. The third kappa shape index (κ3) is 4.69.